The monoisotopic (exact) mass is 1020 g/mol. The molecule has 0 fully saturated rings. The van der Waals surface area contributed by atoms with Gasteiger partial charge in [-0.15, -0.1) is 0 Å². The molecule has 0 rings (SSSR count). The van der Waals surface area contributed by atoms with Crippen LogP contribution < -0.4 is 5.32 Å². The van der Waals surface area contributed by atoms with Crippen molar-refractivity contribution < 1.29 is 15.0 Å². The van der Waals surface area contributed by atoms with Crippen molar-refractivity contribution in [3.8, 4) is 0 Å². The van der Waals surface area contributed by atoms with Crippen LogP contribution in [0.3, 0.4) is 0 Å². The molecule has 0 aromatic heterocycles. The molecule has 0 aromatic rings. The molecule has 0 saturated carbocycles. The standard InChI is InChI=1S/C69H133NO3/c1-3-5-7-9-11-13-15-17-19-21-23-25-27-29-31-32-33-34-35-36-37-38-39-41-43-45-47-49-51-53-55-57-59-61-63-65-69(73)70-67(66-71)68(72)64-62-60-58-56-54-52-50-48-46-44-42-40-30-28-26-24-22-20-18-16-14-12-10-8-6-4-2/h46,48,54,56,62,64,67-68,71-72H,3-45,47,49-53,55,57-61,63,65-66H2,1-2H3,(H,70,73)/b48-46+,56-54+,64-62+. The molecule has 4 heteroatoms. The van der Waals surface area contributed by atoms with Gasteiger partial charge in [-0.25, -0.2) is 0 Å². The molecular formula is C69H133NO3. The molecule has 0 aromatic carbocycles. The molecule has 2 unspecified atom stereocenters. The van der Waals surface area contributed by atoms with E-state index in [1.165, 1.54) is 321 Å². The van der Waals surface area contributed by atoms with Crippen LogP contribution in [0, 0.1) is 0 Å². The van der Waals surface area contributed by atoms with Gasteiger partial charge >= 0.3 is 0 Å². The first-order valence-corrected chi connectivity index (χ1v) is 33.7. The Balaban J connectivity index is 3.45. The number of carbonyl (C=O) groups is 1. The Morgan fingerprint density at radius 1 is 0.315 bits per heavy atom. The maximum atomic E-state index is 12.5. The minimum Gasteiger partial charge on any atom is -0.394 e. The summed E-state index contributed by atoms with van der Waals surface area (Å²) < 4.78 is 0. The van der Waals surface area contributed by atoms with Crippen molar-refractivity contribution in [2.24, 2.45) is 0 Å². The number of carbonyl (C=O) groups excluding carboxylic acids is 1. The predicted octanol–water partition coefficient (Wildman–Crippen LogP) is 22.8. The van der Waals surface area contributed by atoms with Crippen LogP contribution >= 0.6 is 0 Å². The zero-order chi connectivity index (χ0) is 52.7. The maximum Gasteiger partial charge on any atom is 0.220 e. The van der Waals surface area contributed by atoms with E-state index in [0.29, 0.717) is 6.42 Å². The molecule has 0 radical (unpaired) electrons. The van der Waals surface area contributed by atoms with Gasteiger partial charge in [0.2, 0.25) is 5.91 Å². The van der Waals surface area contributed by atoms with Crippen LogP contribution in [0.5, 0.6) is 0 Å². The van der Waals surface area contributed by atoms with Crippen LogP contribution in [0.2, 0.25) is 0 Å². The van der Waals surface area contributed by atoms with Crippen LogP contribution in [0.15, 0.2) is 36.5 Å². The van der Waals surface area contributed by atoms with E-state index in [9.17, 15) is 15.0 Å². The number of rotatable bonds is 63. The molecule has 0 bridgehead atoms. The second-order valence-corrected chi connectivity index (χ2v) is 23.2. The Labute approximate surface area is 459 Å². The lowest BCUT2D eigenvalue weighted by Gasteiger charge is -2.19. The molecule has 4 nitrogen and oxygen atoms in total. The van der Waals surface area contributed by atoms with Crippen molar-refractivity contribution in [2.45, 2.75) is 392 Å². The van der Waals surface area contributed by atoms with Gasteiger partial charge in [0.1, 0.15) is 0 Å². The first-order chi connectivity index (χ1) is 36.2. The Hall–Kier alpha value is -1.39. The summed E-state index contributed by atoms with van der Waals surface area (Å²) >= 11 is 0. The van der Waals surface area contributed by atoms with Crippen molar-refractivity contribution in [1.82, 2.24) is 5.32 Å². The summed E-state index contributed by atoms with van der Waals surface area (Å²) in [7, 11) is 0. The third kappa shape index (κ3) is 61.3. The van der Waals surface area contributed by atoms with Gasteiger partial charge in [-0.1, -0.05) is 365 Å². The lowest BCUT2D eigenvalue weighted by atomic mass is 10.0. The van der Waals surface area contributed by atoms with Crippen molar-refractivity contribution in [1.29, 1.82) is 0 Å². The van der Waals surface area contributed by atoms with E-state index in [4.69, 9.17) is 0 Å². The Kier molecular flexibility index (Phi) is 63.7. The topological polar surface area (TPSA) is 69.6 Å². The molecule has 0 aliphatic rings. The van der Waals surface area contributed by atoms with Crippen molar-refractivity contribution in [2.75, 3.05) is 6.61 Å². The molecule has 3 N–H and O–H groups in total. The smallest absolute Gasteiger partial charge is 0.220 e. The number of unbranched alkanes of at least 4 members (excludes halogenated alkanes) is 52. The summed E-state index contributed by atoms with van der Waals surface area (Å²) in [5.74, 6) is -0.0699. The maximum absolute atomic E-state index is 12.5. The highest BCUT2D eigenvalue weighted by Crippen LogP contribution is 2.19. The van der Waals surface area contributed by atoms with Crippen LogP contribution in [-0.2, 0) is 4.79 Å². The normalized spacial score (nSPS) is 12.9. The number of aliphatic hydroxyl groups excluding tert-OH is 2. The van der Waals surface area contributed by atoms with E-state index in [1.54, 1.807) is 6.08 Å². The molecule has 2 atom stereocenters. The fraction of sp³-hybridized carbons (Fsp3) is 0.899. The quantitative estimate of drug-likeness (QED) is 0.0420. The van der Waals surface area contributed by atoms with E-state index in [2.05, 4.69) is 43.5 Å². The molecule has 0 aliphatic carbocycles. The minimum absolute atomic E-state index is 0.0699. The lowest BCUT2D eigenvalue weighted by molar-refractivity contribution is -0.123. The van der Waals surface area contributed by atoms with E-state index in [0.717, 1.165) is 38.5 Å². The second-order valence-electron chi connectivity index (χ2n) is 23.2. The van der Waals surface area contributed by atoms with E-state index in [-0.39, 0.29) is 12.5 Å². The number of allylic oxidation sites excluding steroid dienone is 5. The van der Waals surface area contributed by atoms with E-state index < -0.39 is 12.1 Å². The second kappa shape index (κ2) is 64.9. The average Bonchev–Trinajstić information content (AvgIpc) is 3.40. The molecule has 0 aliphatic heterocycles. The summed E-state index contributed by atoms with van der Waals surface area (Å²) in [5, 5.41) is 23.2. The molecule has 1 amide bonds. The SMILES string of the molecule is CCCCCCCCCCCCCCCCCC/C=C/CC/C=C/CC/C=C/C(O)C(CO)NC(=O)CCCCCCCCCCCCCCCCCCCCCCCCCCCCCCCCCCCCC. The molecule has 0 heterocycles. The molecule has 73 heavy (non-hydrogen) atoms. The van der Waals surface area contributed by atoms with Crippen LogP contribution in [0.25, 0.3) is 0 Å². The first-order valence-electron chi connectivity index (χ1n) is 33.7. The summed E-state index contributed by atoms with van der Waals surface area (Å²) in [6.07, 6.45) is 89.5. The highest BCUT2D eigenvalue weighted by atomic mass is 16.3. The Morgan fingerprint density at radius 3 is 0.795 bits per heavy atom. The van der Waals surface area contributed by atoms with Gasteiger partial charge in [-0.05, 0) is 44.9 Å². The number of hydrogen-bond acceptors (Lipinski definition) is 3. The van der Waals surface area contributed by atoms with Gasteiger partial charge in [-0.2, -0.15) is 0 Å². The fourth-order valence-electron chi connectivity index (χ4n) is 10.7. The average molecular weight is 1020 g/mol. The third-order valence-corrected chi connectivity index (χ3v) is 15.9. The predicted molar refractivity (Wildman–Crippen MR) is 327 cm³/mol. The third-order valence-electron chi connectivity index (χ3n) is 15.9. The lowest BCUT2D eigenvalue weighted by Crippen LogP contribution is -2.45. The summed E-state index contributed by atoms with van der Waals surface area (Å²) in [5.41, 5.74) is 0. The largest absolute Gasteiger partial charge is 0.394 e. The number of aliphatic hydroxyl groups is 2. The fourth-order valence-corrected chi connectivity index (χ4v) is 10.7. The molecule has 0 spiro atoms. The minimum atomic E-state index is -0.870. The van der Waals surface area contributed by atoms with Crippen molar-refractivity contribution >= 4 is 5.91 Å². The number of hydrogen-bond donors (Lipinski definition) is 3. The van der Waals surface area contributed by atoms with E-state index in [1.807, 2.05) is 6.08 Å². The van der Waals surface area contributed by atoms with Crippen molar-refractivity contribution in [3.63, 3.8) is 0 Å². The van der Waals surface area contributed by atoms with Gasteiger partial charge < -0.3 is 15.5 Å². The molecular weight excluding hydrogens is 891 g/mol. The summed E-state index contributed by atoms with van der Waals surface area (Å²) in [6.45, 7) is 4.34. The zero-order valence-corrected chi connectivity index (χ0v) is 49.9. The summed E-state index contributed by atoms with van der Waals surface area (Å²) in [4.78, 5) is 12.5. The highest BCUT2D eigenvalue weighted by molar-refractivity contribution is 5.76. The first kappa shape index (κ1) is 71.6. The van der Waals surface area contributed by atoms with Crippen LogP contribution in [-0.4, -0.2) is 34.9 Å². The Bertz CT molecular complexity index is 1110. The number of nitrogens with one attached hydrogen (secondary N) is 1. The Morgan fingerprint density at radius 2 is 0.534 bits per heavy atom. The highest BCUT2D eigenvalue weighted by Gasteiger charge is 2.18. The van der Waals surface area contributed by atoms with Gasteiger partial charge in [0.25, 0.3) is 0 Å². The summed E-state index contributed by atoms with van der Waals surface area (Å²) in [6, 6.07) is -0.645. The molecule has 432 valence electrons. The van der Waals surface area contributed by atoms with Crippen molar-refractivity contribution in [3.05, 3.63) is 36.5 Å². The van der Waals surface area contributed by atoms with Gasteiger partial charge in [0.05, 0.1) is 18.8 Å². The van der Waals surface area contributed by atoms with E-state index >= 15 is 0 Å². The number of amides is 1. The zero-order valence-electron chi connectivity index (χ0n) is 49.9. The van der Waals surface area contributed by atoms with Gasteiger partial charge in [0.15, 0.2) is 0 Å². The molecule has 0 saturated heterocycles. The van der Waals surface area contributed by atoms with Gasteiger partial charge in [0, 0.05) is 6.42 Å². The van der Waals surface area contributed by atoms with Crippen LogP contribution in [0.1, 0.15) is 380 Å². The van der Waals surface area contributed by atoms with Gasteiger partial charge in [-0.3, -0.25) is 4.79 Å². The van der Waals surface area contributed by atoms with Crippen LogP contribution in [0.4, 0.5) is 0 Å².